The van der Waals surface area contributed by atoms with Crippen molar-refractivity contribution in [1.29, 1.82) is 0 Å². The van der Waals surface area contributed by atoms with Gasteiger partial charge in [0.15, 0.2) is 0 Å². The number of rotatable bonds is 5. The third kappa shape index (κ3) is 3.42. The van der Waals surface area contributed by atoms with Crippen molar-refractivity contribution < 1.29 is 13.9 Å². The molecule has 0 aliphatic rings. The van der Waals surface area contributed by atoms with Gasteiger partial charge >= 0.3 is 0 Å². The van der Waals surface area contributed by atoms with Gasteiger partial charge in [0.25, 0.3) is 12.0 Å². The van der Waals surface area contributed by atoms with E-state index in [1.54, 1.807) is 0 Å². The third-order valence-corrected chi connectivity index (χ3v) is 2.30. The normalized spacial score (nSPS) is 12.2. The number of nitrogens with one attached hydrogen (secondary N) is 1. The number of aromatic nitrogens is 2. The molecule has 1 unspecified atom stereocenters. The maximum Gasteiger partial charge on any atom is 0.292 e. The zero-order chi connectivity index (χ0) is 13.7. The molecule has 0 saturated carbocycles. The zero-order valence-corrected chi connectivity index (χ0v) is 9.86. The Kier molecular flexibility index (Phi) is 5.07. The number of terminal acetylenes is 1. The lowest BCUT2D eigenvalue weighted by molar-refractivity contribution is 0.00383. The molecule has 0 fully saturated rings. The van der Waals surface area contributed by atoms with Crippen molar-refractivity contribution in [1.82, 2.24) is 9.78 Å². The molecule has 1 rings (SSSR count). The summed E-state index contributed by atoms with van der Waals surface area (Å²) in [7, 11) is 0. The van der Waals surface area contributed by atoms with Crippen molar-refractivity contribution in [2.75, 3.05) is 11.9 Å². The van der Waals surface area contributed by atoms with E-state index >= 15 is 0 Å². The SMILES string of the molecule is C#CCn1ncc(Cl)c(NCC(O)C(F)F)c1=O. The maximum atomic E-state index is 12.1. The van der Waals surface area contributed by atoms with Crippen molar-refractivity contribution in [3.05, 3.63) is 21.6 Å². The van der Waals surface area contributed by atoms with Gasteiger partial charge in [0.05, 0.1) is 11.2 Å². The van der Waals surface area contributed by atoms with E-state index in [9.17, 15) is 13.6 Å². The minimum Gasteiger partial charge on any atom is -0.385 e. The summed E-state index contributed by atoms with van der Waals surface area (Å²) in [5.74, 6) is 2.21. The van der Waals surface area contributed by atoms with Gasteiger partial charge in [-0.1, -0.05) is 17.5 Å². The first-order chi connectivity index (χ1) is 8.47. The Bertz CT molecular complexity index is 513. The van der Waals surface area contributed by atoms with Crippen LogP contribution in [0.25, 0.3) is 0 Å². The van der Waals surface area contributed by atoms with Gasteiger partial charge in [-0.15, -0.1) is 6.42 Å². The fraction of sp³-hybridized carbons (Fsp3) is 0.400. The maximum absolute atomic E-state index is 12.1. The van der Waals surface area contributed by atoms with Crippen LogP contribution in [-0.4, -0.2) is 34.0 Å². The molecule has 1 atom stereocenters. The Morgan fingerprint density at radius 3 is 2.89 bits per heavy atom. The lowest BCUT2D eigenvalue weighted by Crippen LogP contribution is -2.31. The van der Waals surface area contributed by atoms with E-state index in [0.717, 1.165) is 10.9 Å². The first kappa shape index (κ1) is 14.4. The number of hydrogen-bond donors (Lipinski definition) is 2. The molecule has 8 heteroatoms. The second-order valence-electron chi connectivity index (χ2n) is 3.32. The minimum atomic E-state index is -2.91. The van der Waals surface area contributed by atoms with Crippen molar-refractivity contribution >= 4 is 17.3 Å². The van der Waals surface area contributed by atoms with Crippen molar-refractivity contribution in [3.8, 4) is 12.3 Å². The molecule has 1 heterocycles. The molecule has 98 valence electrons. The lowest BCUT2D eigenvalue weighted by Gasteiger charge is -2.12. The van der Waals surface area contributed by atoms with Gasteiger partial charge in [0.1, 0.15) is 18.3 Å². The Morgan fingerprint density at radius 1 is 1.67 bits per heavy atom. The Balaban J connectivity index is 2.92. The fourth-order valence-corrected chi connectivity index (χ4v) is 1.31. The lowest BCUT2D eigenvalue weighted by atomic mass is 10.3. The van der Waals surface area contributed by atoms with E-state index in [1.165, 1.54) is 0 Å². The van der Waals surface area contributed by atoms with Crippen LogP contribution in [0.5, 0.6) is 0 Å². The molecular weight excluding hydrogens is 268 g/mol. The monoisotopic (exact) mass is 277 g/mol. The van der Waals surface area contributed by atoms with Gasteiger partial charge in [-0.2, -0.15) is 5.10 Å². The zero-order valence-electron chi connectivity index (χ0n) is 9.11. The van der Waals surface area contributed by atoms with Crippen LogP contribution in [-0.2, 0) is 6.54 Å². The fourth-order valence-electron chi connectivity index (χ4n) is 1.12. The summed E-state index contributed by atoms with van der Waals surface area (Å²) in [5.41, 5.74) is -0.761. The first-order valence-electron chi connectivity index (χ1n) is 4.86. The third-order valence-electron chi connectivity index (χ3n) is 2.02. The van der Waals surface area contributed by atoms with Gasteiger partial charge in [-0.05, 0) is 0 Å². The highest BCUT2D eigenvalue weighted by Gasteiger charge is 2.18. The highest BCUT2D eigenvalue weighted by molar-refractivity contribution is 6.32. The topological polar surface area (TPSA) is 67.2 Å². The number of hydrogen-bond acceptors (Lipinski definition) is 4. The highest BCUT2D eigenvalue weighted by Crippen LogP contribution is 2.15. The van der Waals surface area contributed by atoms with Gasteiger partial charge < -0.3 is 10.4 Å². The quantitative estimate of drug-likeness (QED) is 0.772. The van der Waals surface area contributed by atoms with E-state index in [1.807, 2.05) is 0 Å². The van der Waals surface area contributed by atoms with E-state index in [2.05, 4.69) is 16.3 Å². The smallest absolute Gasteiger partial charge is 0.292 e. The molecule has 5 nitrogen and oxygen atoms in total. The van der Waals surface area contributed by atoms with Crippen molar-refractivity contribution in [2.24, 2.45) is 0 Å². The number of nitrogens with zero attached hydrogens (tertiary/aromatic N) is 2. The van der Waals surface area contributed by atoms with E-state index < -0.39 is 24.6 Å². The van der Waals surface area contributed by atoms with E-state index in [-0.39, 0.29) is 17.3 Å². The molecule has 0 aliphatic carbocycles. The molecule has 1 aromatic rings. The number of aliphatic hydroxyl groups excluding tert-OH is 1. The summed E-state index contributed by atoms with van der Waals surface area (Å²) in [5, 5.41) is 14.9. The van der Waals surface area contributed by atoms with Crippen LogP contribution in [0.2, 0.25) is 5.02 Å². The van der Waals surface area contributed by atoms with Crippen LogP contribution in [0, 0.1) is 12.3 Å². The Morgan fingerprint density at radius 2 is 2.33 bits per heavy atom. The predicted molar refractivity (Wildman–Crippen MR) is 62.8 cm³/mol. The largest absolute Gasteiger partial charge is 0.385 e. The van der Waals surface area contributed by atoms with Crippen LogP contribution in [0.3, 0.4) is 0 Å². The highest BCUT2D eigenvalue weighted by atomic mass is 35.5. The second kappa shape index (κ2) is 6.33. The molecule has 2 N–H and O–H groups in total. The molecule has 0 radical (unpaired) electrons. The second-order valence-corrected chi connectivity index (χ2v) is 3.72. The molecule has 0 spiro atoms. The summed E-state index contributed by atoms with van der Waals surface area (Å²) in [6.45, 7) is -0.575. The Hall–Kier alpha value is -1.65. The van der Waals surface area contributed by atoms with Gasteiger partial charge in [-0.25, -0.2) is 13.5 Å². The minimum absolute atomic E-state index is 0.0327. The summed E-state index contributed by atoms with van der Waals surface area (Å²) >= 11 is 5.71. The van der Waals surface area contributed by atoms with Crippen molar-refractivity contribution in [3.63, 3.8) is 0 Å². The summed E-state index contributed by atoms with van der Waals surface area (Å²) < 4.78 is 25.1. The number of aliphatic hydroxyl groups is 1. The standard InChI is InChI=1S/C10H10ClF2N3O2/c1-2-3-16-10(18)8(6(11)4-15-16)14-5-7(17)9(12)13/h1,4,7,9,14,17H,3,5H2. The summed E-state index contributed by atoms with van der Waals surface area (Å²) in [4.78, 5) is 11.8. The van der Waals surface area contributed by atoms with Crippen LogP contribution < -0.4 is 10.9 Å². The molecule has 0 bridgehead atoms. The van der Waals surface area contributed by atoms with Crippen LogP contribution >= 0.6 is 11.6 Å². The molecule has 0 saturated heterocycles. The molecular formula is C10H10ClF2N3O2. The summed E-state index contributed by atoms with van der Waals surface area (Å²) in [6, 6.07) is 0. The van der Waals surface area contributed by atoms with E-state index in [4.69, 9.17) is 23.1 Å². The molecule has 0 amide bonds. The summed E-state index contributed by atoms with van der Waals surface area (Å²) in [6.07, 6.45) is 1.40. The first-order valence-corrected chi connectivity index (χ1v) is 5.24. The van der Waals surface area contributed by atoms with Crippen LogP contribution in [0.4, 0.5) is 14.5 Å². The van der Waals surface area contributed by atoms with Crippen molar-refractivity contribution in [2.45, 2.75) is 19.1 Å². The molecule has 1 aromatic heterocycles. The molecule has 0 aliphatic heterocycles. The number of alkyl halides is 2. The molecule has 0 aromatic carbocycles. The average molecular weight is 278 g/mol. The Labute approximate surface area is 106 Å². The van der Waals surface area contributed by atoms with Gasteiger partial charge in [0.2, 0.25) is 0 Å². The number of halogens is 3. The number of anilines is 1. The van der Waals surface area contributed by atoms with Gasteiger partial charge in [0, 0.05) is 6.54 Å². The van der Waals surface area contributed by atoms with Crippen LogP contribution in [0.15, 0.2) is 11.0 Å². The predicted octanol–water partition coefficient (Wildman–Crippen LogP) is 0.568. The van der Waals surface area contributed by atoms with Gasteiger partial charge in [-0.3, -0.25) is 4.79 Å². The average Bonchev–Trinajstić information content (AvgIpc) is 2.32. The van der Waals surface area contributed by atoms with Crippen LogP contribution in [0.1, 0.15) is 0 Å². The molecule has 18 heavy (non-hydrogen) atoms. The van der Waals surface area contributed by atoms with E-state index in [0.29, 0.717) is 0 Å².